The second kappa shape index (κ2) is 5.24. The number of benzene rings is 1. The number of rotatable bonds is 2. The fourth-order valence-corrected chi connectivity index (χ4v) is 4.12. The van der Waals surface area contributed by atoms with Crippen molar-refractivity contribution >= 4 is 23.3 Å². The number of para-hydroxylation sites is 1. The SMILES string of the molecule is COc1cccc2c1[nH]c(=S)n2C1CC(C)CC(C)C1. The van der Waals surface area contributed by atoms with E-state index in [4.69, 9.17) is 17.0 Å². The van der Waals surface area contributed by atoms with Crippen molar-refractivity contribution in [2.75, 3.05) is 7.11 Å². The first-order valence-corrected chi connectivity index (χ1v) is 7.78. The summed E-state index contributed by atoms with van der Waals surface area (Å²) in [7, 11) is 1.70. The molecule has 1 saturated carbocycles. The molecule has 1 fully saturated rings. The zero-order valence-electron chi connectivity index (χ0n) is 12.3. The number of hydrogen-bond donors (Lipinski definition) is 1. The molecule has 2 atom stereocenters. The van der Waals surface area contributed by atoms with Gasteiger partial charge in [-0.2, -0.15) is 0 Å². The Labute approximate surface area is 125 Å². The highest BCUT2D eigenvalue weighted by molar-refractivity contribution is 7.71. The molecule has 3 nitrogen and oxygen atoms in total. The van der Waals surface area contributed by atoms with E-state index in [-0.39, 0.29) is 0 Å². The number of nitrogens with one attached hydrogen (secondary N) is 1. The fraction of sp³-hybridized carbons (Fsp3) is 0.562. The molecule has 3 rings (SSSR count). The number of methoxy groups -OCH3 is 1. The molecule has 1 heterocycles. The van der Waals surface area contributed by atoms with Gasteiger partial charge in [-0.05, 0) is 55.4 Å². The summed E-state index contributed by atoms with van der Waals surface area (Å²) in [5.74, 6) is 2.40. The van der Waals surface area contributed by atoms with E-state index in [2.05, 4.69) is 29.5 Å². The van der Waals surface area contributed by atoms with Gasteiger partial charge in [-0.15, -0.1) is 0 Å². The van der Waals surface area contributed by atoms with E-state index in [1.165, 1.54) is 24.8 Å². The van der Waals surface area contributed by atoms with Crippen molar-refractivity contribution in [1.29, 1.82) is 0 Å². The van der Waals surface area contributed by atoms with Crippen LogP contribution in [0.5, 0.6) is 5.75 Å². The third-order valence-corrected chi connectivity index (χ3v) is 4.75. The highest BCUT2D eigenvalue weighted by atomic mass is 32.1. The van der Waals surface area contributed by atoms with E-state index in [0.717, 1.165) is 27.9 Å². The van der Waals surface area contributed by atoms with Gasteiger partial charge in [0, 0.05) is 6.04 Å². The predicted octanol–water partition coefficient (Wildman–Crippen LogP) is 4.70. The molecule has 1 aliphatic carbocycles. The minimum Gasteiger partial charge on any atom is -0.494 e. The average Bonchev–Trinajstić information content (AvgIpc) is 2.73. The first kappa shape index (κ1) is 13.7. The van der Waals surface area contributed by atoms with Crippen molar-refractivity contribution in [2.45, 2.75) is 39.2 Å². The first-order chi connectivity index (χ1) is 9.60. The molecular weight excluding hydrogens is 268 g/mol. The number of hydrogen-bond acceptors (Lipinski definition) is 2. The van der Waals surface area contributed by atoms with Gasteiger partial charge in [0.15, 0.2) is 4.77 Å². The molecule has 0 amide bonds. The summed E-state index contributed by atoms with van der Waals surface area (Å²) >= 11 is 5.57. The van der Waals surface area contributed by atoms with Crippen molar-refractivity contribution in [3.8, 4) is 5.75 Å². The Kier molecular flexibility index (Phi) is 3.59. The highest BCUT2D eigenvalue weighted by Crippen LogP contribution is 2.38. The van der Waals surface area contributed by atoms with E-state index >= 15 is 0 Å². The van der Waals surface area contributed by atoms with Crippen LogP contribution in [-0.2, 0) is 0 Å². The molecular formula is C16H22N2OS. The molecule has 2 unspecified atom stereocenters. The van der Waals surface area contributed by atoms with Crippen molar-refractivity contribution in [3.63, 3.8) is 0 Å². The zero-order chi connectivity index (χ0) is 14.3. The molecule has 0 spiro atoms. The van der Waals surface area contributed by atoms with Gasteiger partial charge < -0.3 is 14.3 Å². The smallest absolute Gasteiger partial charge is 0.178 e. The fourth-order valence-electron chi connectivity index (χ4n) is 3.77. The standard InChI is InChI=1S/C16H22N2OS/c1-10-7-11(2)9-12(8-10)18-13-5-4-6-14(19-3)15(13)17-16(18)20/h4-6,10-12H,7-9H2,1-3H3,(H,17,20). The molecule has 2 aromatic rings. The molecule has 0 saturated heterocycles. The number of aromatic nitrogens is 2. The minimum absolute atomic E-state index is 0.502. The summed E-state index contributed by atoms with van der Waals surface area (Å²) in [6.07, 6.45) is 3.75. The summed E-state index contributed by atoms with van der Waals surface area (Å²) in [6, 6.07) is 6.65. The topological polar surface area (TPSA) is 29.9 Å². The Morgan fingerprint density at radius 3 is 2.55 bits per heavy atom. The van der Waals surface area contributed by atoms with Gasteiger partial charge in [-0.1, -0.05) is 19.9 Å². The Morgan fingerprint density at radius 2 is 1.90 bits per heavy atom. The third kappa shape index (κ3) is 2.26. The molecule has 0 bridgehead atoms. The van der Waals surface area contributed by atoms with E-state index in [9.17, 15) is 0 Å². The number of aromatic amines is 1. The largest absolute Gasteiger partial charge is 0.494 e. The number of ether oxygens (including phenoxy) is 1. The van der Waals surface area contributed by atoms with Crippen LogP contribution in [0.2, 0.25) is 0 Å². The lowest BCUT2D eigenvalue weighted by atomic mass is 9.80. The molecule has 4 heteroatoms. The van der Waals surface area contributed by atoms with Crippen LogP contribution in [0, 0.1) is 16.6 Å². The lowest BCUT2D eigenvalue weighted by Crippen LogP contribution is -2.22. The van der Waals surface area contributed by atoms with Gasteiger partial charge in [0.05, 0.1) is 12.6 Å². The first-order valence-electron chi connectivity index (χ1n) is 7.37. The summed E-state index contributed by atoms with van der Waals surface area (Å²) in [5.41, 5.74) is 2.19. The van der Waals surface area contributed by atoms with Gasteiger partial charge in [0.2, 0.25) is 0 Å². The number of H-pyrrole nitrogens is 1. The quantitative estimate of drug-likeness (QED) is 0.812. The highest BCUT2D eigenvalue weighted by Gasteiger charge is 2.27. The number of nitrogens with zero attached hydrogens (tertiary/aromatic N) is 1. The van der Waals surface area contributed by atoms with Gasteiger partial charge in [0.25, 0.3) is 0 Å². The maximum absolute atomic E-state index is 5.57. The van der Waals surface area contributed by atoms with E-state index in [0.29, 0.717) is 6.04 Å². The molecule has 1 aromatic carbocycles. The van der Waals surface area contributed by atoms with Crippen LogP contribution in [0.15, 0.2) is 18.2 Å². The van der Waals surface area contributed by atoms with Crippen molar-refractivity contribution in [1.82, 2.24) is 9.55 Å². The monoisotopic (exact) mass is 290 g/mol. The molecule has 20 heavy (non-hydrogen) atoms. The lowest BCUT2D eigenvalue weighted by molar-refractivity contribution is 0.223. The van der Waals surface area contributed by atoms with Gasteiger partial charge >= 0.3 is 0 Å². The third-order valence-electron chi connectivity index (χ3n) is 4.45. The molecule has 1 aliphatic rings. The molecule has 1 aromatic heterocycles. The summed E-state index contributed by atoms with van der Waals surface area (Å²) in [5, 5.41) is 0. The predicted molar refractivity (Wildman–Crippen MR) is 84.9 cm³/mol. The van der Waals surface area contributed by atoms with Gasteiger partial charge in [0.1, 0.15) is 11.3 Å². The van der Waals surface area contributed by atoms with Crippen molar-refractivity contribution in [3.05, 3.63) is 23.0 Å². The molecule has 0 radical (unpaired) electrons. The van der Waals surface area contributed by atoms with Crippen LogP contribution < -0.4 is 4.74 Å². The summed E-state index contributed by atoms with van der Waals surface area (Å²) < 4.78 is 8.55. The second-order valence-corrected chi connectivity index (χ2v) is 6.61. The van der Waals surface area contributed by atoms with Crippen molar-refractivity contribution in [2.24, 2.45) is 11.8 Å². The maximum atomic E-state index is 5.57. The Hall–Kier alpha value is -1.29. The van der Waals surface area contributed by atoms with Crippen molar-refractivity contribution < 1.29 is 4.74 Å². The Morgan fingerprint density at radius 1 is 1.20 bits per heavy atom. The zero-order valence-corrected chi connectivity index (χ0v) is 13.2. The van der Waals surface area contributed by atoms with Crippen LogP contribution in [0.25, 0.3) is 11.0 Å². The molecule has 1 N–H and O–H groups in total. The maximum Gasteiger partial charge on any atom is 0.178 e. The van der Waals surface area contributed by atoms with Crippen LogP contribution >= 0.6 is 12.2 Å². The van der Waals surface area contributed by atoms with Crippen LogP contribution in [-0.4, -0.2) is 16.7 Å². The Bertz CT molecular complexity index is 663. The van der Waals surface area contributed by atoms with E-state index < -0.39 is 0 Å². The Balaban J connectivity index is 2.12. The average molecular weight is 290 g/mol. The summed E-state index contributed by atoms with van der Waals surface area (Å²) in [4.78, 5) is 3.33. The molecule has 108 valence electrons. The van der Waals surface area contributed by atoms with Gasteiger partial charge in [-0.3, -0.25) is 0 Å². The van der Waals surface area contributed by atoms with Gasteiger partial charge in [-0.25, -0.2) is 0 Å². The van der Waals surface area contributed by atoms with Crippen LogP contribution in [0.4, 0.5) is 0 Å². The normalized spacial score (nSPS) is 26.9. The van der Waals surface area contributed by atoms with Crippen LogP contribution in [0.3, 0.4) is 0 Å². The van der Waals surface area contributed by atoms with E-state index in [1.807, 2.05) is 12.1 Å². The lowest BCUT2D eigenvalue weighted by Gasteiger charge is -2.32. The molecule has 0 aliphatic heterocycles. The number of fused-ring (bicyclic) bond motifs is 1. The summed E-state index contributed by atoms with van der Waals surface area (Å²) in [6.45, 7) is 4.70. The number of imidazole rings is 1. The minimum atomic E-state index is 0.502. The second-order valence-electron chi connectivity index (χ2n) is 6.23. The van der Waals surface area contributed by atoms with E-state index in [1.54, 1.807) is 7.11 Å². The van der Waals surface area contributed by atoms with Crippen LogP contribution in [0.1, 0.15) is 39.2 Å².